The van der Waals surface area contributed by atoms with Crippen molar-refractivity contribution in [3.05, 3.63) is 0 Å². The fourth-order valence-corrected chi connectivity index (χ4v) is 1.48. The summed E-state index contributed by atoms with van der Waals surface area (Å²) < 4.78 is 10.0. The molecule has 0 aromatic heterocycles. The van der Waals surface area contributed by atoms with Gasteiger partial charge in [0.05, 0.1) is 0 Å². The van der Waals surface area contributed by atoms with Crippen LogP contribution in [-0.4, -0.2) is 26.3 Å². The summed E-state index contributed by atoms with van der Waals surface area (Å²) in [7, 11) is 3.19. The van der Waals surface area contributed by atoms with Crippen molar-refractivity contribution in [2.24, 2.45) is 0 Å². The third-order valence-electron chi connectivity index (χ3n) is 2.49. The SMILES string of the molecule is CCCCCCC(=O)CCC(OC)OC. The van der Waals surface area contributed by atoms with Crippen molar-refractivity contribution < 1.29 is 14.3 Å². The quantitative estimate of drug-likeness (QED) is 0.416. The number of ketones is 1. The van der Waals surface area contributed by atoms with Crippen LogP contribution in [0.2, 0.25) is 0 Å². The number of hydrogen-bond donors (Lipinski definition) is 0. The van der Waals surface area contributed by atoms with E-state index in [4.69, 9.17) is 9.47 Å². The Bertz CT molecular complexity index is 153. The molecule has 0 bridgehead atoms. The lowest BCUT2D eigenvalue weighted by Crippen LogP contribution is -2.14. The van der Waals surface area contributed by atoms with Gasteiger partial charge in [-0.3, -0.25) is 4.79 Å². The molecule has 0 radical (unpaired) electrons. The van der Waals surface area contributed by atoms with Gasteiger partial charge in [0.15, 0.2) is 6.29 Å². The number of carbonyl (C=O) groups excluding carboxylic acids is 1. The molecule has 0 atom stereocenters. The van der Waals surface area contributed by atoms with E-state index in [9.17, 15) is 4.79 Å². The first-order valence-electron chi connectivity index (χ1n) is 5.81. The van der Waals surface area contributed by atoms with Gasteiger partial charge in [-0.15, -0.1) is 0 Å². The molecule has 0 fully saturated rings. The Labute approximate surface area is 93.1 Å². The molecule has 0 unspecified atom stereocenters. The Morgan fingerprint density at radius 2 is 1.73 bits per heavy atom. The molecule has 3 nitrogen and oxygen atoms in total. The smallest absolute Gasteiger partial charge is 0.157 e. The minimum atomic E-state index is -0.232. The lowest BCUT2D eigenvalue weighted by atomic mass is 10.1. The molecular formula is C12H24O3. The van der Waals surface area contributed by atoms with Crippen LogP contribution in [0.5, 0.6) is 0 Å². The molecule has 0 spiro atoms. The van der Waals surface area contributed by atoms with Gasteiger partial charge in [-0.05, 0) is 6.42 Å². The fraction of sp³-hybridized carbons (Fsp3) is 0.917. The van der Waals surface area contributed by atoms with E-state index in [0.717, 1.165) is 6.42 Å². The van der Waals surface area contributed by atoms with Crippen LogP contribution in [0.15, 0.2) is 0 Å². The topological polar surface area (TPSA) is 35.5 Å². The lowest BCUT2D eigenvalue weighted by molar-refractivity contribution is -0.127. The summed E-state index contributed by atoms with van der Waals surface area (Å²) in [5, 5.41) is 0. The van der Waals surface area contributed by atoms with Crippen LogP contribution < -0.4 is 0 Å². The highest BCUT2D eigenvalue weighted by Crippen LogP contribution is 2.08. The highest BCUT2D eigenvalue weighted by Gasteiger charge is 2.08. The van der Waals surface area contributed by atoms with E-state index in [-0.39, 0.29) is 6.29 Å². The Hall–Kier alpha value is -0.410. The van der Waals surface area contributed by atoms with Gasteiger partial charge >= 0.3 is 0 Å². The lowest BCUT2D eigenvalue weighted by Gasteiger charge is -2.12. The van der Waals surface area contributed by atoms with Crippen molar-refractivity contribution in [3.8, 4) is 0 Å². The van der Waals surface area contributed by atoms with Crippen LogP contribution >= 0.6 is 0 Å². The predicted octanol–water partition coefficient (Wildman–Crippen LogP) is 2.93. The summed E-state index contributed by atoms with van der Waals surface area (Å²) >= 11 is 0. The Morgan fingerprint density at radius 1 is 1.07 bits per heavy atom. The summed E-state index contributed by atoms with van der Waals surface area (Å²) in [6.07, 6.45) is 6.34. The maximum Gasteiger partial charge on any atom is 0.157 e. The zero-order valence-corrected chi connectivity index (χ0v) is 10.3. The average Bonchev–Trinajstić information content (AvgIpc) is 2.26. The summed E-state index contributed by atoms with van der Waals surface area (Å²) in [5.41, 5.74) is 0. The number of Topliss-reactive ketones (excluding diaryl/α,β-unsaturated/α-hetero) is 1. The monoisotopic (exact) mass is 216 g/mol. The van der Waals surface area contributed by atoms with Crippen LogP contribution in [0.25, 0.3) is 0 Å². The molecule has 3 heteroatoms. The van der Waals surface area contributed by atoms with E-state index in [2.05, 4.69) is 6.92 Å². The standard InChI is InChI=1S/C12H24O3/c1-4-5-6-7-8-11(13)9-10-12(14-2)15-3/h12H,4-10H2,1-3H3. The zero-order chi connectivity index (χ0) is 11.5. The number of carbonyl (C=O) groups is 1. The molecule has 0 amide bonds. The summed E-state index contributed by atoms with van der Waals surface area (Å²) in [6.45, 7) is 2.17. The van der Waals surface area contributed by atoms with E-state index in [1.807, 2.05) is 0 Å². The molecule has 0 heterocycles. The van der Waals surface area contributed by atoms with Crippen molar-refractivity contribution in [1.29, 1.82) is 0 Å². The average molecular weight is 216 g/mol. The van der Waals surface area contributed by atoms with E-state index in [1.165, 1.54) is 19.3 Å². The molecule has 15 heavy (non-hydrogen) atoms. The zero-order valence-electron chi connectivity index (χ0n) is 10.3. The van der Waals surface area contributed by atoms with E-state index in [1.54, 1.807) is 14.2 Å². The van der Waals surface area contributed by atoms with Crippen LogP contribution in [0.3, 0.4) is 0 Å². The highest BCUT2D eigenvalue weighted by atomic mass is 16.7. The number of unbranched alkanes of at least 4 members (excludes halogenated alkanes) is 3. The van der Waals surface area contributed by atoms with Crippen molar-refractivity contribution in [1.82, 2.24) is 0 Å². The maximum absolute atomic E-state index is 11.4. The predicted molar refractivity (Wildman–Crippen MR) is 60.8 cm³/mol. The first-order valence-corrected chi connectivity index (χ1v) is 5.81. The van der Waals surface area contributed by atoms with Crippen LogP contribution in [-0.2, 0) is 14.3 Å². The van der Waals surface area contributed by atoms with Gasteiger partial charge in [-0.2, -0.15) is 0 Å². The van der Waals surface area contributed by atoms with Gasteiger partial charge < -0.3 is 9.47 Å². The molecule has 0 aromatic carbocycles. The van der Waals surface area contributed by atoms with Crippen LogP contribution in [0, 0.1) is 0 Å². The Morgan fingerprint density at radius 3 is 2.27 bits per heavy atom. The first kappa shape index (κ1) is 14.6. The minimum absolute atomic E-state index is 0.232. The molecule has 0 N–H and O–H groups in total. The number of ether oxygens (including phenoxy) is 2. The van der Waals surface area contributed by atoms with Gasteiger partial charge in [0.2, 0.25) is 0 Å². The van der Waals surface area contributed by atoms with Crippen LogP contribution in [0.1, 0.15) is 51.9 Å². The van der Waals surface area contributed by atoms with E-state index >= 15 is 0 Å². The third kappa shape index (κ3) is 8.58. The summed E-state index contributed by atoms with van der Waals surface area (Å²) in [4.78, 5) is 11.4. The van der Waals surface area contributed by atoms with Gasteiger partial charge in [-0.25, -0.2) is 0 Å². The Kier molecular flexibility index (Phi) is 9.84. The van der Waals surface area contributed by atoms with Crippen molar-refractivity contribution >= 4 is 5.78 Å². The molecular weight excluding hydrogens is 192 g/mol. The second-order valence-electron chi connectivity index (χ2n) is 3.79. The second kappa shape index (κ2) is 10.1. The minimum Gasteiger partial charge on any atom is -0.356 e. The van der Waals surface area contributed by atoms with Crippen LogP contribution in [0.4, 0.5) is 0 Å². The Balaban J connectivity index is 3.40. The van der Waals surface area contributed by atoms with Gasteiger partial charge in [0, 0.05) is 33.5 Å². The van der Waals surface area contributed by atoms with Crippen molar-refractivity contribution in [2.75, 3.05) is 14.2 Å². The molecule has 90 valence electrons. The number of hydrogen-bond acceptors (Lipinski definition) is 3. The fourth-order valence-electron chi connectivity index (χ4n) is 1.48. The highest BCUT2D eigenvalue weighted by molar-refractivity contribution is 5.78. The summed E-state index contributed by atoms with van der Waals surface area (Å²) in [5.74, 6) is 0.324. The number of rotatable bonds is 10. The number of methoxy groups -OCH3 is 2. The third-order valence-corrected chi connectivity index (χ3v) is 2.49. The van der Waals surface area contributed by atoms with Gasteiger partial charge in [0.1, 0.15) is 5.78 Å². The van der Waals surface area contributed by atoms with Crippen molar-refractivity contribution in [2.45, 2.75) is 58.2 Å². The normalized spacial score (nSPS) is 10.9. The molecule has 0 aromatic rings. The molecule has 0 aliphatic heterocycles. The van der Waals surface area contributed by atoms with Crippen molar-refractivity contribution in [3.63, 3.8) is 0 Å². The first-order chi connectivity index (χ1) is 7.24. The van der Waals surface area contributed by atoms with Gasteiger partial charge in [0.25, 0.3) is 0 Å². The van der Waals surface area contributed by atoms with E-state index < -0.39 is 0 Å². The largest absolute Gasteiger partial charge is 0.356 e. The molecule has 0 rings (SSSR count). The van der Waals surface area contributed by atoms with Gasteiger partial charge in [-0.1, -0.05) is 26.2 Å². The molecule has 0 saturated carbocycles. The molecule has 0 saturated heterocycles. The molecule has 0 aliphatic carbocycles. The molecule has 0 aliphatic rings. The second-order valence-corrected chi connectivity index (χ2v) is 3.79. The summed E-state index contributed by atoms with van der Waals surface area (Å²) in [6, 6.07) is 0. The van der Waals surface area contributed by atoms with E-state index in [0.29, 0.717) is 25.0 Å². The maximum atomic E-state index is 11.4.